The highest BCUT2D eigenvalue weighted by Gasteiger charge is 2.42. The molecular formula is C28H34N6O3. The minimum absolute atomic E-state index is 0.0641. The molecule has 0 bridgehead atoms. The molecule has 1 saturated carbocycles. The number of hydrogen-bond donors (Lipinski definition) is 2. The summed E-state index contributed by atoms with van der Waals surface area (Å²) in [6.45, 7) is 1.76. The van der Waals surface area contributed by atoms with Gasteiger partial charge in [-0.1, -0.05) is 12.8 Å². The van der Waals surface area contributed by atoms with Gasteiger partial charge in [0.2, 0.25) is 0 Å². The van der Waals surface area contributed by atoms with Crippen molar-refractivity contribution in [3.63, 3.8) is 0 Å². The molecule has 2 aromatic carbocycles. The second-order valence-electron chi connectivity index (χ2n) is 10.1. The van der Waals surface area contributed by atoms with Gasteiger partial charge >= 0.3 is 0 Å². The number of hydrogen-bond acceptors (Lipinski definition) is 8. The molecule has 3 atom stereocenters. The van der Waals surface area contributed by atoms with Crippen LogP contribution in [0, 0.1) is 10.1 Å². The lowest BCUT2D eigenvalue weighted by Crippen LogP contribution is -2.61. The van der Waals surface area contributed by atoms with Crippen LogP contribution in [0.2, 0.25) is 0 Å². The number of nitrogens with one attached hydrogen (secondary N) is 1. The van der Waals surface area contributed by atoms with Gasteiger partial charge in [-0.2, -0.15) is 0 Å². The lowest BCUT2D eigenvalue weighted by atomic mass is 9.76. The minimum atomic E-state index is -0.656. The van der Waals surface area contributed by atoms with Crippen molar-refractivity contribution >= 4 is 11.4 Å². The third-order valence-corrected chi connectivity index (χ3v) is 7.70. The molecule has 37 heavy (non-hydrogen) atoms. The summed E-state index contributed by atoms with van der Waals surface area (Å²) < 4.78 is 5.29. The lowest BCUT2D eigenvalue weighted by molar-refractivity contribution is -0.384. The molecule has 9 heteroatoms. The van der Waals surface area contributed by atoms with Crippen LogP contribution in [0.15, 0.2) is 60.8 Å². The zero-order valence-corrected chi connectivity index (χ0v) is 21.2. The second kappa shape index (κ2) is 10.8. The molecule has 9 nitrogen and oxygen atoms in total. The number of nitro groups is 1. The number of piperidine rings is 1. The Morgan fingerprint density at radius 3 is 2.59 bits per heavy atom. The summed E-state index contributed by atoms with van der Waals surface area (Å²) in [7, 11) is 1.66. The van der Waals surface area contributed by atoms with Crippen LogP contribution in [0.4, 0.5) is 11.4 Å². The average molecular weight is 503 g/mol. The van der Waals surface area contributed by atoms with E-state index in [-0.39, 0.29) is 22.7 Å². The van der Waals surface area contributed by atoms with Crippen molar-refractivity contribution in [2.45, 2.75) is 56.1 Å². The van der Waals surface area contributed by atoms with E-state index in [0.717, 1.165) is 74.3 Å². The molecule has 1 aliphatic heterocycles. The van der Waals surface area contributed by atoms with Crippen molar-refractivity contribution in [2.75, 3.05) is 25.1 Å². The summed E-state index contributed by atoms with van der Waals surface area (Å²) in [6.07, 6.45) is 7.87. The number of aromatic nitrogens is 2. The Bertz CT molecular complexity index is 1220. The molecule has 2 aliphatic rings. The Morgan fingerprint density at radius 2 is 1.86 bits per heavy atom. The van der Waals surface area contributed by atoms with Crippen LogP contribution in [0.25, 0.3) is 11.3 Å². The maximum Gasteiger partial charge on any atom is 0.269 e. The first-order valence-corrected chi connectivity index (χ1v) is 13.0. The molecule has 2 heterocycles. The van der Waals surface area contributed by atoms with E-state index in [0.29, 0.717) is 5.82 Å². The molecule has 2 unspecified atom stereocenters. The topological polar surface area (TPSA) is 119 Å². The molecule has 194 valence electrons. The zero-order chi connectivity index (χ0) is 25.8. The van der Waals surface area contributed by atoms with E-state index >= 15 is 0 Å². The number of anilines is 1. The number of nitro benzene ring substituents is 1. The van der Waals surface area contributed by atoms with Gasteiger partial charge in [-0.05, 0) is 68.1 Å². The number of ether oxygens (including phenoxy) is 1. The predicted octanol–water partition coefficient (Wildman–Crippen LogP) is 4.42. The smallest absolute Gasteiger partial charge is 0.269 e. The number of non-ortho nitro benzene ring substituents is 1. The number of nitrogens with two attached hydrogens (primary N) is 1. The first-order valence-electron chi connectivity index (χ1n) is 13.0. The van der Waals surface area contributed by atoms with E-state index in [9.17, 15) is 10.1 Å². The molecule has 3 N–H and O–H groups in total. The molecule has 3 aromatic rings. The lowest BCUT2D eigenvalue weighted by Gasteiger charge is -2.44. The van der Waals surface area contributed by atoms with Gasteiger partial charge in [0.1, 0.15) is 11.6 Å². The molecule has 0 amide bonds. The Hall–Kier alpha value is -3.56. The quantitative estimate of drug-likeness (QED) is 0.360. The fraction of sp³-hybridized carbons (Fsp3) is 0.429. The highest BCUT2D eigenvalue weighted by atomic mass is 16.6. The highest BCUT2D eigenvalue weighted by Crippen LogP contribution is 2.35. The first kappa shape index (κ1) is 25.1. The van der Waals surface area contributed by atoms with E-state index in [2.05, 4.69) is 15.2 Å². The van der Waals surface area contributed by atoms with Crippen molar-refractivity contribution in [1.29, 1.82) is 0 Å². The van der Waals surface area contributed by atoms with Crippen molar-refractivity contribution in [3.8, 4) is 17.0 Å². The molecule has 2 fully saturated rings. The second-order valence-corrected chi connectivity index (χ2v) is 10.1. The van der Waals surface area contributed by atoms with Gasteiger partial charge in [0.05, 0.1) is 23.3 Å². The van der Waals surface area contributed by atoms with E-state index in [1.165, 1.54) is 0 Å². The molecule has 0 spiro atoms. The van der Waals surface area contributed by atoms with Crippen molar-refractivity contribution in [2.24, 2.45) is 5.73 Å². The van der Waals surface area contributed by atoms with Crippen LogP contribution in [-0.4, -0.2) is 47.2 Å². The standard InChI is InChI=1S/C28H34N6O3/c1-37-24-13-7-20(8-14-24)25-15-17-30-27(32-25)28(29)16-3-2-6-26(28)31-21-5-4-18-33(19-21)22-9-11-23(12-10-22)34(35)36/h7-15,17,21,26,31H,2-6,16,18-19,29H2,1H3/t21?,26?,28-/m0/s1. The van der Waals surface area contributed by atoms with E-state index in [1.807, 2.05) is 42.5 Å². The third kappa shape index (κ3) is 5.42. The fourth-order valence-corrected chi connectivity index (χ4v) is 5.62. The Balaban J connectivity index is 1.33. The molecule has 1 saturated heterocycles. The van der Waals surface area contributed by atoms with E-state index < -0.39 is 5.54 Å². The summed E-state index contributed by atoms with van der Waals surface area (Å²) in [5.41, 5.74) is 9.46. The highest BCUT2D eigenvalue weighted by molar-refractivity contribution is 5.60. The van der Waals surface area contributed by atoms with Gasteiger partial charge in [-0.25, -0.2) is 9.97 Å². The minimum Gasteiger partial charge on any atom is -0.497 e. The van der Waals surface area contributed by atoms with E-state index in [1.54, 1.807) is 25.4 Å². The molecule has 1 aromatic heterocycles. The van der Waals surface area contributed by atoms with Crippen LogP contribution in [0.3, 0.4) is 0 Å². The zero-order valence-electron chi connectivity index (χ0n) is 21.2. The monoisotopic (exact) mass is 502 g/mol. The van der Waals surface area contributed by atoms with Gasteiger partial charge < -0.3 is 20.7 Å². The normalized spacial score (nSPS) is 24.0. The summed E-state index contributed by atoms with van der Waals surface area (Å²) >= 11 is 0. The molecule has 1 aliphatic carbocycles. The average Bonchev–Trinajstić information content (AvgIpc) is 2.95. The van der Waals surface area contributed by atoms with Gasteiger partial charge in [0, 0.05) is 54.8 Å². The van der Waals surface area contributed by atoms with Gasteiger partial charge in [0.15, 0.2) is 0 Å². The van der Waals surface area contributed by atoms with Gasteiger partial charge in [-0.15, -0.1) is 0 Å². The SMILES string of the molecule is COc1ccc(-c2ccnc([C@]3(N)CCCCC3NC3CCCN(c4ccc([N+](=O)[O-])cc4)C3)n2)cc1. The van der Waals surface area contributed by atoms with Crippen molar-refractivity contribution < 1.29 is 9.66 Å². The fourth-order valence-electron chi connectivity index (χ4n) is 5.62. The van der Waals surface area contributed by atoms with Crippen LogP contribution >= 0.6 is 0 Å². The van der Waals surface area contributed by atoms with Crippen LogP contribution in [0.1, 0.15) is 44.3 Å². The summed E-state index contributed by atoms with van der Waals surface area (Å²) in [6, 6.07) is 16.9. The number of rotatable bonds is 7. The summed E-state index contributed by atoms with van der Waals surface area (Å²) in [5, 5.41) is 14.9. The Kier molecular flexibility index (Phi) is 7.34. The maximum absolute atomic E-state index is 11.0. The van der Waals surface area contributed by atoms with Crippen LogP contribution in [-0.2, 0) is 5.54 Å². The summed E-state index contributed by atoms with van der Waals surface area (Å²) in [5.74, 6) is 1.49. The predicted molar refractivity (Wildman–Crippen MR) is 144 cm³/mol. The van der Waals surface area contributed by atoms with Gasteiger partial charge in [0.25, 0.3) is 5.69 Å². The van der Waals surface area contributed by atoms with Crippen molar-refractivity contribution in [1.82, 2.24) is 15.3 Å². The van der Waals surface area contributed by atoms with Crippen LogP contribution in [0.5, 0.6) is 5.75 Å². The molecule has 5 rings (SSSR count). The number of methoxy groups -OCH3 is 1. The van der Waals surface area contributed by atoms with E-state index in [4.69, 9.17) is 15.5 Å². The number of benzene rings is 2. The molecule has 0 radical (unpaired) electrons. The molecular weight excluding hydrogens is 468 g/mol. The van der Waals surface area contributed by atoms with Crippen molar-refractivity contribution in [3.05, 3.63) is 76.7 Å². The third-order valence-electron chi connectivity index (χ3n) is 7.70. The largest absolute Gasteiger partial charge is 0.497 e. The van der Waals surface area contributed by atoms with Crippen LogP contribution < -0.4 is 20.7 Å². The Morgan fingerprint density at radius 1 is 1.08 bits per heavy atom. The maximum atomic E-state index is 11.0. The summed E-state index contributed by atoms with van der Waals surface area (Å²) in [4.78, 5) is 22.6. The first-order chi connectivity index (χ1) is 18.0. The number of nitrogens with zero attached hydrogens (tertiary/aromatic N) is 4. The Labute approximate surface area is 217 Å². The van der Waals surface area contributed by atoms with Gasteiger partial charge in [-0.3, -0.25) is 10.1 Å².